The van der Waals surface area contributed by atoms with Crippen LogP contribution in [0.2, 0.25) is 0 Å². The Balaban J connectivity index is 2.23. The Morgan fingerprint density at radius 3 is 2.47 bits per heavy atom. The van der Waals surface area contributed by atoms with Gasteiger partial charge in [-0.15, -0.1) is 0 Å². The number of fused-ring (bicyclic) bond motifs is 1. The molecule has 0 atom stereocenters. The van der Waals surface area contributed by atoms with Gasteiger partial charge in [-0.1, -0.05) is 26.8 Å². The van der Waals surface area contributed by atoms with Gasteiger partial charge in [-0.2, -0.15) is 0 Å². The van der Waals surface area contributed by atoms with E-state index in [1.165, 1.54) is 34.9 Å². The van der Waals surface area contributed by atoms with Crippen LogP contribution in [-0.4, -0.2) is 11.1 Å². The van der Waals surface area contributed by atoms with Crippen molar-refractivity contribution in [1.29, 1.82) is 0 Å². The average molecular weight is 256 g/mol. The molecule has 3 rings (SSSR count). The number of nitrogens with two attached hydrogens (primary N) is 1. The van der Waals surface area contributed by atoms with E-state index in [4.69, 9.17) is 5.73 Å². The Kier molecular flexibility index (Phi) is 2.59. The van der Waals surface area contributed by atoms with Gasteiger partial charge in [-0.25, -0.2) is 0 Å². The highest BCUT2D eigenvalue weighted by Gasteiger charge is 2.44. The molecular formula is C17H24N2. The molecule has 0 saturated heterocycles. The Labute approximate surface area is 115 Å². The van der Waals surface area contributed by atoms with Crippen molar-refractivity contribution >= 4 is 10.9 Å². The fraction of sp³-hybridized carbons (Fsp3) is 0.529. The zero-order valence-corrected chi connectivity index (χ0v) is 12.5. The third-order valence-electron chi connectivity index (χ3n) is 4.67. The number of hydrogen-bond donors (Lipinski definition) is 1. The molecule has 102 valence electrons. The maximum atomic E-state index is 6.02. The minimum absolute atomic E-state index is 0.195. The molecule has 1 aliphatic carbocycles. The molecule has 1 aromatic heterocycles. The minimum Gasteiger partial charge on any atom is -0.350 e. The maximum Gasteiger partial charge on any atom is 0.0480 e. The molecule has 2 aromatic rings. The van der Waals surface area contributed by atoms with E-state index < -0.39 is 0 Å². The molecule has 1 aromatic carbocycles. The second kappa shape index (κ2) is 3.86. The predicted octanol–water partition coefficient (Wildman–Crippen LogP) is 3.47. The second-order valence-corrected chi connectivity index (χ2v) is 7.12. The van der Waals surface area contributed by atoms with Gasteiger partial charge in [0.05, 0.1) is 0 Å². The lowest BCUT2D eigenvalue weighted by Gasteiger charge is -2.20. The molecule has 1 heterocycles. The van der Waals surface area contributed by atoms with Gasteiger partial charge in [0, 0.05) is 36.1 Å². The van der Waals surface area contributed by atoms with Gasteiger partial charge in [0.1, 0.15) is 0 Å². The highest BCUT2D eigenvalue weighted by Crippen LogP contribution is 2.50. The summed E-state index contributed by atoms with van der Waals surface area (Å²) in [5.41, 5.74) is 10.7. The molecule has 0 aliphatic heterocycles. The summed E-state index contributed by atoms with van der Waals surface area (Å²) in [5, 5.41) is 1.40. The molecule has 0 spiro atoms. The quantitative estimate of drug-likeness (QED) is 0.876. The van der Waals surface area contributed by atoms with Crippen molar-refractivity contribution in [2.75, 3.05) is 6.54 Å². The SMILES string of the molecule is Cn1cc(C2(CN)CC2)c2cc(C(C)(C)C)ccc21. The first-order valence-electron chi connectivity index (χ1n) is 7.17. The highest BCUT2D eigenvalue weighted by atomic mass is 14.9. The van der Waals surface area contributed by atoms with Gasteiger partial charge < -0.3 is 10.3 Å². The minimum atomic E-state index is 0.195. The van der Waals surface area contributed by atoms with Crippen LogP contribution in [0.3, 0.4) is 0 Å². The third-order valence-corrected chi connectivity index (χ3v) is 4.67. The van der Waals surface area contributed by atoms with Gasteiger partial charge in [0.25, 0.3) is 0 Å². The van der Waals surface area contributed by atoms with E-state index in [0.717, 1.165) is 6.54 Å². The molecular weight excluding hydrogens is 232 g/mol. The van der Waals surface area contributed by atoms with Gasteiger partial charge in [0.2, 0.25) is 0 Å². The lowest BCUT2D eigenvalue weighted by Crippen LogP contribution is -2.19. The summed E-state index contributed by atoms with van der Waals surface area (Å²) >= 11 is 0. The molecule has 1 aliphatic rings. The van der Waals surface area contributed by atoms with Crippen LogP contribution in [0.1, 0.15) is 44.7 Å². The Morgan fingerprint density at radius 2 is 1.95 bits per heavy atom. The molecule has 19 heavy (non-hydrogen) atoms. The summed E-state index contributed by atoms with van der Waals surface area (Å²) < 4.78 is 2.24. The first-order valence-corrected chi connectivity index (χ1v) is 7.17. The van der Waals surface area contributed by atoms with Crippen molar-refractivity contribution in [3.63, 3.8) is 0 Å². The van der Waals surface area contributed by atoms with Crippen LogP contribution in [0, 0.1) is 0 Å². The highest BCUT2D eigenvalue weighted by molar-refractivity contribution is 5.86. The Morgan fingerprint density at radius 1 is 1.26 bits per heavy atom. The van der Waals surface area contributed by atoms with Gasteiger partial charge in [-0.3, -0.25) is 0 Å². The van der Waals surface area contributed by atoms with Crippen LogP contribution in [-0.2, 0) is 17.9 Å². The molecule has 2 nitrogen and oxygen atoms in total. The first kappa shape index (κ1) is 12.7. The zero-order chi connectivity index (χ0) is 13.8. The number of aryl methyl sites for hydroxylation is 1. The Bertz CT molecular complexity index is 624. The molecule has 0 amide bonds. The summed E-state index contributed by atoms with van der Waals surface area (Å²) in [6, 6.07) is 6.89. The van der Waals surface area contributed by atoms with Crippen molar-refractivity contribution < 1.29 is 0 Å². The first-order chi connectivity index (χ1) is 8.87. The summed E-state index contributed by atoms with van der Waals surface area (Å²) in [4.78, 5) is 0. The number of hydrogen-bond acceptors (Lipinski definition) is 1. The van der Waals surface area contributed by atoms with Gasteiger partial charge >= 0.3 is 0 Å². The number of rotatable bonds is 2. The maximum absolute atomic E-state index is 6.02. The van der Waals surface area contributed by atoms with Crippen molar-refractivity contribution in [2.45, 2.75) is 44.4 Å². The largest absolute Gasteiger partial charge is 0.350 e. The van der Waals surface area contributed by atoms with Crippen LogP contribution < -0.4 is 5.73 Å². The van der Waals surface area contributed by atoms with Crippen molar-refractivity contribution in [1.82, 2.24) is 4.57 Å². The van der Waals surface area contributed by atoms with E-state index in [-0.39, 0.29) is 10.8 Å². The summed E-state index contributed by atoms with van der Waals surface area (Å²) in [6.07, 6.45) is 4.77. The second-order valence-electron chi connectivity index (χ2n) is 7.12. The molecule has 0 unspecified atom stereocenters. The standard InChI is InChI=1S/C17H24N2/c1-16(2,3)12-5-6-15-13(9-12)14(10-19(15)4)17(11-18)7-8-17/h5-6,9-10H,7-8,11,18H2,1-4H3. The molecule has 2 N–H and O–H groups in total. The normalized spacial score (nSPS) is 17.9. The molecule has 2 heteroatoms. The van der Waals surface area contributed by atoms with Gasteiger partial charge in [-0.05, 0) is 41.5 Å². The molecule has 1 saturated carbocycles. The van der Waals surface area contributed by atoms with Crippen LogP contribution in [0.4, 0.5) is 0 Å². The predicted molar refractivity (Wildman–Crippen MR) is 81.6 cm³/mol. The fourth-order valence-electron chi connectivity index (χ4n) is 3.02. The van der Waals surface area contributed by atoms with E-state index in [1.807, 2.05) is 0 Å². The van der Waals surface area contributed by atoms with E-state index in [2.05, 4.69) is 56.8 Å². The smallest absolute Gasteiger partial charge is 0.0480 e. The van der Waals surface area contributed by atoms with E-state index >= 15 is 0 Å². The third kappa shape index (κ3) is 1.90. The number of nitrogens with zero attached hydrogens (tertiary/aromatic N) is 1. The van der Waals surface area contributed by atoms with Crippen molar-refractivity contribution in [3.05, 3.63) is 35.5 Å². The number of aromatic nitrogens is 1. The van der Waals surface area contributed by atoms with Crippen LogP contribution in [0.15, 0.2) is 24.4 Å². The lowest BCUT2D eigenvalue weighted by atomic mass is 9.85. The van der Waals surface area contributed by atoms with Crippen LogP contribution in [0.5, 0.6) is 0 Å². The lowest BCUT2D eigenvalue weighted by molar-refractivity contribution is 0.591. The van der Waals surface area contributed by atoms with Crippen LogP contribution in [0.25, 0.3) is 10.9 Å². The number of benzene rings is 1. The average Bonchev–Trinajstić information content (AvgIpc) is 3.08. The van der Waals surface area contributed by atoms with Gasteiger partial charge in [0.15, 0.2) is 0 Å². The van der Waals surface area contributed by atoms with Crippen molar-refractivity contribution in [3.8, 4) is 0 Å². The van der Waals surface area contributed by atoms with E-state index in [9.17, 15) is 0 Å². The van der Waals surface area contributed by atoms with Crippen LogP contribution >= 0.6 is 0 Å². The van der Waals surface area contributed by atoms with E-state index in [1.54, 1.807) is 0 Å². The fourth-order valence-corrected chi connectivity index (χ4v) is 3.02. The molecule has 0 bridgehead atoms. The van der Waals surface area contributed by atoms with E-state index in [0.29, 0.717) is 0 Å². The zero-order valence-electron chi connectivity index (χ0n) is 12.5. The molecule has 1 fully saturated rings. The summed E-state index contributed by atoms with van der Waals surface area (Å²) in [6.45, 7) is 7.58. The summed E-state index contributed by atoms with van der Waals surface area (Å²) in [5.74, 6) is 0. The summed E-state index contributed by atoms with van der Waals surface area (Å²) in [7, 11) is 2.13. The van der Waals surface area contributed by atoms with Crippen molar-refractivity contribution in [2.24, 2.45) is 12.8 Å². The Hall–Kier alpha value is -1.28. The topological polar surface area (TPSA) is 30.9 Å². The monoisotopic (exact) mass is 256 g/mol. The molecule has 0 radical (unpaired) electrons.